The summed E-state index contributed by atoms with van der Waals surface area (Å²) in [7, 11) is 1.84. The number of fused-ring (bicyclic) bond motifs is 1. The number of nitrogens with one attached hydrogen (secondary N) is 1. The second-order valence-corrected chi connectivity index (χ2v) is 5.07. The van der Waals surface area contributed by atoms with Gasteiger partial charge in [-0.1, -0.05) is 0 Å². The highest BCUT2D eigenvalue weighted by atomic mass is 35.5. The lowest BCUT2D eigenvalue weighted by molar-refractivity contribution is -0.120. The Labute approximate surface area is 105 Å². The van der Waals surface area contributed by atoms with Gasteiger partial charge in [0.1, 0.15) is 5.00 Å². The molecule has 1 aromatic rings. The zero-order chi connectivity index (χ0) is 10.4. The number of aromatic nitrogens is 1. The molecule has 1 saturated heterocycles. The maximum atomic E-state index is 12.1. The third kappa shape index (κ3) is 1.73. The first kappa shape index (κ1) is 11.8. The molecule has 1 N–H and O–H groups in total. The number of carbonyl (C=O) groups excluding carboxylic acids is 1. The third-order valence-electron chi connectivity index (χ3n) is 3.46. The van der Waals surface area contributed by atoms with E-state index in [-0.39, 0.29) is 24.2 Å². The van der Waals surface area contributed by atoms with E-state index in [9.17, 15) is 4.79 Å². The molecule has 2 atom stereocenters. The molecule has 1 aromatic heterocycles. The Morgan fingerprint density at radius 3 is 2.81 bits per heavy atom. The maximum absolute atomic E-state index is 12.1. The minimum Gasteiger partial charge on any atom is -0.316 e. The monoisotopic (exact) mass is 259 g/mol. The van der Waals surface area contributed by atoms with Crippen molar-refractivity contribution in [3.8, 4) is 0 Å². The van der Waals surface area contributed by atoms with Gasteiger partial charge < -0.3 is 10.2 Å². The quantitative estimate of drug-likeness (QED) is 0.862. The van der Waals surface area contributed by atoms with Crippen molar-refractivity contribution >= 4 is 34.8 Å². The van der Waals surface area contributed by atoms with Crippen LogP contribution in [0.25, 0.3) is 0 Å². The summed E-state index contributed by atoms with van der Waals surface area (Å²) in [6.07, 6.45) is 1.74. The van der Waals surface area contributed by atoms with Crippen molar-refractivity contribution < 1.29 is 4.79 Å². The van der Waals surface area contributed by atoms with Crippen molar-refractivity contribution in [2.24, 2.45) is 17.8 Å². The van der Waals surface area contributed by atoms with Gasteiger partial charge in [-0.15, -0.1) is 12.4 Å². The number of carbonyl (C=O) groups is 1. The average Bonchev–Trinajstić information content (AvgIpc) is 2.72. The van der Waals surface area contributed by atoms with Crippen molar-refractivity contribution in [2.75, 3.05) is 25.0 Å². The van der Waals surface area contributed by atoms with E-state index < -0.39 is 0 Å². The summed E-state index contributed by atoms with van der Waals surface area (Å²) >= 11 is 1.37. The highest BCUT2D eigenvalue weighted by Crippen LogP contribution is 2.49. The van der Waals surface area contributed by atoms with Gasteiger partial charge in [0, 0.05) is 19.2 Å². The van der Waals surface area contributed by atoms with E-state index in [2.05, 4.69) is 9.69 Å². The number of piperidine rings is 1. The van der Waals surface area contributed by atoms with Crippen molar-refractivity contribution in [1.29, 1.82) is 0 Å². The van der Waals surface area contributed by atoms with Gasteiger partial charge in [0.2, 0.25) is 5.91 Å². The molecular formula is C10H14ClN3OS. The van der Waals surface area contributed by atoms with E-state index in [1.54, 1.807) is 11.1 Å². The van der Waals surface area contributed by atoms with Crippen molar-refractivity contribution in [1.82, 2.24) is 9.69 Å². The summed E-state index contributed by atoms with van der Waals surface area (Å²) < 4.78 is 4.01. The highest BCUT2D eigenvalue weighted by molar-refractivity contribution is 7.10. The fourth-order valence-corrected chi connectivity index (χ4v) is 3.06. The lowest BCUT2D eigenvalue weighted by Crippen LogP contribution is -2.31. The average molecular weight is 260 g/mol. The van der Waals surface area contributed by atoms with Crippen LogP contribution in [0.2, 0.25) is 0 Å². The Morgan fingerprint density at radius 2 is 2.25 bits per heavy atom. The van der Waals surface area contributed by atoms with Crippen molar-refractivity contribution in [3.05, 3.63) is 12.3 Å². The van der Waals surface area contributed by atoms with Gasteiger partial charge in [0.05, 0.1) is 0 Å². The Hall–Kier alpha value is -0.650. The molecule has 1 amide bonds. The number of nitrogens with zero attached hydrogens (tertiary/aromatic N) is 2. The molecule has 2 unspecified atom stereocenters. The van der Waals surface area contributed by atoms with E-state index in [1.807, 2.05) is 13.1 Å². The summed E-state index contributed by atoms with van der Waals surface area (Å²) in [6, 6.07) is 1.89. The molecular weight excluding hydrogens is 246 g/mol. The zero-order valence-electron chi connectivity index (χ0n) is 8.92. The van der Waals surface area contributed by atoms with Gasteiger partial charge in [0.25, 0.3) is 0 Å². The Balaban J connectivity index is 0.000000963. The molecule has 2 fully saturated rings. The van der Waals surface area contributed by atoms with Crippen LogP contribution in [-0.4, -0.2) is 30.4 Å². The van der Waals surface area contributed by atoms with Gasteiger partial charge in [-0.25, -0.2) is 0 Å². The van der Waals surface area contributed by atoms with Crippen LogP contribution in [0.3, 0.4) is 0 Å². The van der Waals surface area contributed by atoms with Crippen molar-refractivity contribution in [3.63, 3.8) is 0 Å². The van der Waals surface area contributed by atoms with Gasteiger partial charge in [0.15, 0.2) is 0 Å². The molecule has 0 aromatic carbocycles. The van der Waals surface area contributed by atoms with E-state index in [1.165, 1.54) is 11.5 Å². The normalized spacial score (nSPS) is 30.4. The predicted molar refractivity (Wildman–Crippen MR) is 66.1 cm³/mol. The van der Waals surface area contributed by atoms with Gasteiger partial charge in [-0.2, -0.15) is 4.37 Å². The highest BCUT2D eigenvalue weighted by Gasteiger charge is 2.57. The van der Waals surface area contributed by atoms with Crippen molar-refractivity contribution in [2.45, 2.75) is 0 Å². The van der Waals surface area contributed by atoms with Crippen LogP contribution in [0.5, 0.6) is 0 Å². The molecule has 16 heavy (non-hydrogen) atoms. The van der Waals surface area contributed by atoms with Gasteiger partial charge >= 0.3 is 0 Å². The van der Waals surface area contributed by atoms with E-state index in [0.29, 0.717) is 11.8 Å². The second-order valence-electron chi connectivity index (χ2n) is 4.26. The number of anilines is 1. The number of amides is 1. The second kappa shape index (κ2) is 4.31. The van der Waals surface area contributed by atoms with Crippen LogP contribution in [0.15, 0.2) is 12.3 Å². The molecule has 2 aliphatic rings. The molecule has 3 rings (SSSR count). The molecule has 1 aliphatic heterocycles. The number of hydrogen-bond acceptors (Lipinski definition) is 4. The topological polar surface area (TPSA) is 45.2 Å². The van der Waals surface area contributed by atoms with Gasteiger partial charge in [-0.3, -0.25) is 4.79 Å². The van der Waals surface area contributed by atoms with E-state index in [0.717, 1.165) is 18.1 Å². The first-order valence-electron chi connectivity index (χ1n) is 5.18. The summed E-state index contributed by atoms with van der Waals surface area (Å²) in [5.74, 6) is 1.70. The SMILES string of the molecule is CN(C(=O)C1C2CNCC21)c1ccns1.Cl. The first-order chi connectivity index (χ1) is 7.29. The molecule has 1 aliphatic carbocycles. The van der Waals surface area contributed by atoms with Crippen LogP contribution in [-0.2, 0) is 4.79 Å². The third-order valence-corrected chi connectivity index (χ3v) is 4.29. The maximum Gasteiger partial charge on any atom is 0.231 e. The summed E-state index contributed by atoms with van der Waals surface area (Å²) in [4.78, 5) is 13.8. The Morgan fingerprint density at radius 1 is 1.56 bits per heavy atom. The van der Waals surface area contributed by atoms with Crippen LogP contribution >= 0.6 is 23.9 Å². The Bertz CT molecular complexity index is 373. The predicted octanol–water partition coefficient (Wildman–Crippen LogP) is 0.993. The minimum atomic E-state index is 0. The Kier molecular flexibility index (Phi) is 3.19. The molecule has 0 radical (unpaired) electrons. The lowest BCUT2D eigenvalue weighted by Gasteiger charge is -2.15. The molecule has 88 valence electrons. The minimum absolute atomic E-state index is 0. The zero-order valence-corrected chi connectivity index (χ0v) is 10.6. The van der Waals surface area contributed by atoms with Crippen LogP contribution in [0.1, 0.15) is 0 Å². The van der Waals surface area contributed by atoms with Crippen LogP contribution in [0.4, 0.5) is 5.00 Å². The van der Waals surface area contributed by atoms with Crippen LogP contribution < -0.4 is 10.2 Å². The molecule has 4 nitrogen and oxygen atoms in total. The number of hydrogen-bond donors (Lipinski definition) is 1. The fourth-order valence-electron chi connectivity index (χ4n) is 2.50. The smallest absolute Gasteiger partial charge is 0.231 e. The van der Waals surface area contributed by atoms with Crippen LogP contribution in [0, 0.1) is 17.8 Å². The first-order valence-corrected chi connectivity index (χ1v) is 5.95. The summed E-state index contributed by atoms with van der Waals surface area (Å²) in [6.45, 7) is 2.02. The molecule has 1 saturated carbocycles. The molecule has 2 heterocycles. The standard InChI is InChI=1S/C10H13N3OS.ClH/c1-13(8-2-3-12-15-8)10(14)9-6-4-11-5-7(6)9;/h2-3,6-7,9,11H,4-5H2,1H3;1H. The fraction of sp³-hybridized carbons (Fsp3) is 0.600. The lowest BCUT2D eigenvalue weighted by atomic mass is 10.2. The molecule has 6 heteroatoms. The van der Waals surface area contributed by atoms with Gasteiger partial charge in [-0.05, 0) is 42.5 Å². The summed E-state index contributed by atoms with van der Waals surface area (Å²) in [5, 5.41) is 4.24. The van der Waals surface area contributed by atoms with E-state index >= 15 is 0 Å². The van der Waals surface area contributed by atoms with E-state index in [4.69, 9.17) is 0 Å². The molecule has 0 spiro atoms. The molecule has 0 bridgehead atoms. The number of rotatable bonds is 2. The summed E-state index contributed by atoms with van der Waals surface area (Å²) in [5.41, 5.74) is 0. The number of halogens is 1. The largest absolute Gasteiger partial charge is 0.316 e.